The van der Waals surface area contributed by atoms with Crippen molar-refractivity contribution in [3.8, 4) is 34.1 Å². The minimum absolute atomic E-state index is 0.602. The fraction of sp³-hybridized carbons (Fsp3) is 0.0882. The van der Waals surface area contributed by atoms with E-state index in [1.165, 1.54) is 104 Å². The van der Waals surface area contributed by atoms with Gasteiger partial charge in [0.15, 0.2) is 0 Å². The SMILES string of the molecule is C1#CCC(C2(c3ccccc3)c3ccccc3-c3c(N(c4ccccc4C4=CCCc5c4sc4ccccc54)C4(c5ccccc5-c5ccccc5)CC=CC=C4c4ccccc4)cccc32)=CC=C1. The Morgan fingerprint density at radius 3 is 2.01 bits per heavy atom. The van der Waals surface area contributed by atoms with Gasteiger partial charge in [-0.15, -0.1) is 11.3 Å². The first-order valence-corrected chi connectivity index (χ1v) is 25.4. The highest BCUT2D eigenvalue weighted by atomic mass is 32.1. The molecule has 0 N–H and O–H groups in total. The maximum atomic E-state index is 3.54. The molecular formula is C68H49NS. The largest absolute Gasteiger partial charge is 0.326 e. The second kappa shape index (κ2) is 17.4. The van der Waals surface area contributed by atoms with Crippen LogP contribution in [0, 0.1) is 11.8 Å². The Balaban J connectivity index is 1.19. The van der Waals surface area contributed by atoms with Crippen LogP contribution in [0.2, 0.25) is 0 Å². The first-order valence-electron chi connectivity index (χ1n) is 24.6. The van der Waals surface area contributed by atoms with Crippen molar-refractivity contribution in [1.82, 2.24) is 0 Å². The normalized spacial score (nSPS) is 18.6. The van der Waals surface area contributed by atoms with Gasteiger partial charge in [0.1, 0.15) is 5.54 Å². The van der Waals surface area contributed by atoms with E-state index < -0.39 is 11.0 Å². The molecule has 0 amide bonds. The number of rotatable bonds is 9. The molecule has 2 atom stereocenters. The molecule has 0 spiro atoms. The van der Waals surface area contributed by atoms with Gasteiger partial charge in [-0.05, 0) is 116 Å². The van der Waals surface area contributed by atoms with Crippen LogP contribution >= 0.6 is 11.3 Å². The van der Waals surface area contributed by atoms with E-state index in [-0.39, 0.29) is 0 Å². The van der Waals surface area contributed by atoms with Gasteiger partial charge in [0, 0.05) is 27.1 Å². The van der Waals surface area contributed by atoms with Gasteiger partial charge >= 0.3 is 0 Å². The van der Waals surface area contributed by atoms with Crippen LogP contribution < -0.4 is 4.90 Å². The van der Waals surface area contributed by atoms with Crippen LogP contribution in [0.5, 0.6) is 0 Å². The fourth-order valence-electron chi connectivity index (χ4n) is 12.4. The average molecular weight is 912 g/mol. The van der Waals surface area contributed by atoms with Crippen molar-refractivity contribution in [2.45, 2.75) is 36.6 Å². The van der Waals surface area contributed by atoms with E-state index in [0.717, 1.165) is 19.3 Å². The lowest BCUT2D eigenvalue weighted by Gasteiger charge is -2.50. The summed E-state index contributed by atoms with van der Waals surface area (Å²) in [7, 11) is 0. The summed E-state index contributed by atoms with van der Waals surface area (Å²) < 4.78 is 1.34. The lowest BCUT2D eigenvalue weighted by molar-refractivity contribution is 0.567. The smallest absolute Gasteiger partial charge is 0.100 e. The molecule has 70 heavy (non-hydrogen) atoms. The zero-order chi connectivity index (χ0) is 46.5. The molecule has 2 heteroatoms. The van der Waals surface area contributed by atoms with Crippen molar-refractivity contribution in [3.63, 3.8) is 0 Å². The second-order valence-electron chi connectivity index (χ2n) is 18.7. The van der Waals surface area contributed by atoms with Gasteiger partial charge in [-0.2, -0.15) is 0 Å². The average Bonchev–Trinajstić information content (AvgIpc) is 3.83. The number of allylic oxidation sites excluding steroid dienone is 7. The number of hydrogen-bond acceptors (Lipinski definition) is 2. The summed E-state index contributed by atoms with van der Waals surface area (Å²) in [6.07, 6.45) is 19.5. The maximum absolute atomic E-state index is 3.54. The van der Waals surface area contributed by atoms with Crippen LogP contribution in [-0.4, -0.2) is 0 Å². The van der Waals surface area contributed by atoms with Crippen molar-refractivity contribution in [2.24, 2.45) is 0 Å². The molecule has 1 nitrogen and oxygen atoms in total. The molecule has 1 aromatic heterocycles. The van der Waals surface area contributed by atoms with E-state index in [0.29, 0.717) is 6.42 Å². The number of para-hydroxylation sites is 1. The van der Waals surface area contributed by atoms with Crippen molar-refractivity contribution in [3.05, 3.63) is 298 Å². The van der Waals surface area contributed by atoms with E-state index in [1.54, 1.807) is 0 Å². The van der Waals surface area contributed by atoms with E-state index in [1.807, 2.05) is 17.4 Å². The molecule has 0 bridgehead atoms. The molecule has 0 saturated carbocycles. The standard InChI is InChI=1S/C68H49NS/c1-2-11-31-50(30-10-1)68(51-32-12-5-13-33-51)60-42-19-15-37-57(60)65-61(68)43-25-45-63(65)69(62-44-20-16-35-53(62)55-38-24-39-56-54-36-17-21-46-64(54)70-66(55)56)67(47-23-22-40-58(67)49-28-8-4-9-29-49)59-41-18-14-34-52(59)48-26-6-3-7-27-48/h1,3-10,12-23,25-30,32-38,40-46H,24,31,39,47H2. The highest BCUT2D eigenvalue weighted by Crippen LogP contribution is 2.63. The number of benzene rings is 8. The predicted molar refractivity (Wildman–Crippen MR) is 295 cm³/mol. The Labute approximate surface area is 415 Å². The van der Waals surface area contributed by atoms with Crippen molar-refractivity contribution >= 4 is 43.9 Å². The fourth-order valence-corrected chi connectivity index (χ4v) is 13.7. The summed E-state index contributed by atoms with van der Waals surface area (Å²) in [5, 5.41) is 1.38. The van der Waals surface area contributed by atoms with E-state index in [4.69, 9.17) is 0 Å². The number of nitrogens with zero attached hydrogens (tertiary/aromatic N) is 1. The number of anilines is 2. The van der Waals surface area contributed by atoms with Gasteiger partial charge in [-0.25, -0.2) is 0 Å². The number of hydrogen-bond donors (Lipinski definition) is 0. The molecule has 332 valence electrons. The van der Waals surface area contributed by atoms with Gasteiger partial charge in [-0.3, -0.25) is 0 Å². The van der Waals surface area contributed by atoms with Crippen LogP contribution in [0.25, 0.3) is 43.5 Å². The van der Waals surface area contributed by atoms with E-state index >= 15 is 0 Å². The third kappa shape index (κ3) is 6.46. The summed E-state index contributed by atoms with van der Waals surface area (Å²) in [6, 6.07) is 77.2. The highest BCUT2D eigenvalue weighted by Gasteiger charge is 2.51. The molecule has 0 saturated heterocycles. The molecule has 13 rings (SSSR count). The third-order valence-electron chi connectivity index (χ3n) is 15.1. The molecule has 0 radical (unpaired) electrons. The zero-order valence-electron chi connectivity index (χ0n) is 38.9. The van der Waals surface area contributed by atoms with Gasteiger partial charge in [0.25, 0.3) is 0 Å². The maximum Gasteiger partial charge on any atom is 0.100 e. The predicted octanol–water partition coefficient (Wildman–Crippen LogP) is 17.2. The first-order chi connectivity index (χ1) is 34.8. The minimum atomic E-state index is -0.769. The monoisotopic (exact) mass is 911 g/mol. The molecular weight excluding hydrogens is 863 g/mol. The molecule has 9 aromatic rings. The van der Waals surface area contributed by atoms with Gasteiger partial charge < -0.3 is 4.90 Å². The summed E-state index contributed by atoms with van der Waals surface area (Å²) in [6.45, 7) is 0. The molecule has 4 aliphatic carbocycles. The number of aryl methyl sites for hydroxylation is 1. The lowest BCUT2D eigenvalue weighted by atomic mass is 9.66. The summed E-state index contributed by atoms with van der Waals surface area (Å²) in [5.41, 5.74) is 18.6. The Kier molecular flexibility index (Phi) is 10.4. The van der Waals surface area contributed by atoms with Crippen molar-refractivity contribution in [2.75, 3.05) is 4.90 Å². The molecule has 0 fully saturated rings. The van der Waals surface area contributed by atoms with Gasteiger partial charge in [-0.1, -0.05) is 236 Å². The van der Waals surface area contributed by atoms with Crippen LogP contribution in [0.1, 0.15) is 63.1 Å². The van der Waals surface area contributed by atoms with Crippen LogP contribution in [0.3, 0.4) is 0 Å². The van der Waals surface area contributed by atoms with Crippen molar-refractivity contribution in [1.29, 1.82) is 0 Å². The highest BCUT2D eigenvalue weighted by molar-refractivity contribution is 7.20. The first kappa shape index (κ1) is 41.9. The van der Waals surface area contributed by atoms with Crippen LogP contribution in [-0.2, 0) is 17.4 Å². The van der Waals surface area contributed by atoms with Gasteiger partial charge in [0.05, 0.1) is 16.8 Å². The molecule has 4 aliphatic rings. The van der Waals surface area contributed by atoms with E-state index in [9.17, 15) is 0 Å². The summed E-state index contributed by atoms with van der Waals surface area (Å²) in [5.74, 6) is 6.86. The number of fused-ring (bicyclic) bond motifs is 6. The second-order valence-corrected chi connectivity index (χ2v) is 19.7. The Morgan fingerprint density at radius 1 is 0.529 bits per heavy atom. The Hall–Kier alpha value is -8.22. The minimum Gasteiger partial charge on any atom is -0.326 e. The quantitative estimate of drug-likeness (QED) is 0.130. The Bertz CT molecular complexity index is 3720. The van der Waals surface area contributed by atoms with E-state index in [2.05, 4.69) is 259 Å². The summed E-state index contributed by atoms with van der Waals surface area (Å²) >= 11 is 1.94. The summed E-state index contributed by atoms with van der Waals surface area (Å²) in [4.78, 5) is 4.18. The Morgan fingerprint density at radius 2 is 1.19 bits per heavy atom. The molecule has 8 aromatic carbocycles. The molecule has 1 heterocycles. The lowest BCUT2D eigenvalue weighted by Crippen LogP contribution is -2.46. The van der Waals surface area contributed by atoms with Gasteiger partial charge in [0.2, 0.25) is 0 Å². The molecule has 0 aliphatic heterocycles. The van der Waals surface area contributed by atoms with Crippen molar-refractivity contribution < 1.29 is 0 Å². The van der Waals surface area contributed by atoms with Crippen LogP contribution in [0.4, 0.5) is 11.4 Å². The molecule has 2 unspecified atom stereocenters. The number of thiophene rings is 1. The third-order valence-corrected chi connectivity index (χ3v) is 16.4. The topological polar surface area (TPSA) is 3.24 Å². The van der Waals surface area contributed by atoms with Crippen LogP contribution in [0.15, 0.2) is 254 Å². The zero-order valence-corrected chi connectivity index (χ0v) is 39.7.